The lowest BCUT2D eigenvalue weighted by molar-refractivity contribution is -0.192. The van der Waals surface area contributed by atoms with Gasteiger partial charge in [0.25, 0.3) is 5.56 Å². The number of H-pyrrole nitrogens is 1. The number of piperidine rings is 2. The highest BCUT2D eigenvalue weighted by molar-refractivity contribution is 6.17. The van der Waals surface area contributed by atoms with E-state index in [-0.39, 0.29) is 42.6 Å². The van der Waals surface area contributed by atoms with Gasteiger partial charge < -0.3 is 39.6 Å². The Bertz CT molecular complexity index is 3090. The normalized spacial score (nSPS) is 16.4. The zero-order valence-electron chi connectivity index (χ0n) is 42.2. The minimum absolute atomic E-state index is 0.0196. The molecule has 1 atom stereocenters. The number of hydrogen-bond donors (Lipinski definition) is 3. The van der Waals surface area contributed by atoms with Gasteiger partial charge in [0.15, 0.2) is 12.8 Å². The fourth-order valence-corrected chi connectivity index (χ4v) is 10.2. The molecule has 2 aromatic heterocycles. The Morgan fingerprint density at radius 3 is 1.99 bits per heavy atom. The second kappa shape index (κ2) is 24.6. The van der Waals surface area contributed by atoms with Crippen LogP contribution in [0.3, 0.4) is 0 Å². The molecule has 21 heteroatoms. The molecule has 3 amide bonds. The van der Waals surface area contributed by atoms with E-state index in [9.17, 15) is 37.1 Å². The highest BCUT2D eigenvalue weighted by atomic mass is 35.5. The van der Waals surface area contributed by atoms with Gasteiger partial charge >= 0.3 is 30.1 Å². The van der Waals surface area contributed by atoms with Crippen LogP contribution in [0.25, 0.3) is 21.8 Å². The molecule has 0 radical (unpaired) electrons. The van der Waals surface area contributed by atoms with Crippen molar-refractivity contribution in [3.05, 3.63) is 146 Å². The number of carboxylic acids is 1. The number of nitrogens with zero attached hydrogens (tertiary/aromatic N) is 6. The first-order valence-corrected chi connectivity index (χ1v) is 25.7. The predicted octanol–water partition coefficient (Wildman–Crippen LogP) is 7.32. The number of pyridine rings is 1. The monoisotopic (exact) mass is 1070 g/mol. The fraction of sp³-hybridized carbons (Fsp3) is 0.400. The van der Waals surface area contributed by atoms with Gasteiger partial charge in [0.2, 0.25) is 5.91 Å². The molecule has 3 saturated heterocycles. The Morgan fingerprint density at radius 1 is 0.776 bits per heavy atom. The summed E-state index contributed by atoms with van der Waals surface area (Å²) in [4.78, 5) is 87.3. The van der Waals surface area contributed by atoms with Crippen LogP contribution >= 0.6 is 11.6 Å². The Labute approximate surface area is 441 Å². The Morgan fingerprint density at radius 2 is 1.38 bits per heavy atom. The fourth-order valence-electron chi connectivity index (χ4n) is 10.1. The summed E-state index contributed by atoms with van der Waals surface area (Å²) in [7, 11) is 2.17. The van der Waals surface area contributed by atoms with E-state index < -0.39 is 30.1 Å². The molecular formula is C55H60ClF3N8O9. The van der Waals surface area contributed by atoms with Gasteiger partial charge in [0.05, 0.1) is 16.6 Å². The molecule has 0 unspecified atom stereocenters. The summed E-state index contributed by atoms with van der Waals surface area (Å²) in [6, 6.07) is 27.2. The number of urea groups is 1. The molecule has 76 heavy (non-hydrogen) atoms. The van der Waals surface area contributed by atoms with Crippen LogP contribution in [0.2, 0.25) is 0 Å². The minimum Gasteiger partial charge on any atom is -0.475 e. The molecule has 402 valence electrons. The van der Waals surface area contributed by atoms with Crippen LogP contribution in [0.5, 0.6) is 0 Å². The Balaban J connectivity index is 0.00000102. The highest BCUT2D eigenvalue weighted by Crippen LogP contribution is 2.28. The minimum atomic E-state index is -5.08. The molecule has 0 spiro atoms. The number of aromatic nitrogens is 3. The SMILES string of the molecule is Cc1cc(C[C@@H](NC(=O)N2CCC(c3cc4ccccc4[nH]c3=O)CC2)C(=O)N2CCN(C3CCN(C)CC3)CC2)cc2cn(COC(=O)c3ccc(Cc4ccc(C(=O)OCCl)cc4)cc3)nc12.O=C(O)C(F)(F)F. The van der Waals surface area contributed by atoms with Crippen LogP contribution in [0.15, 0.2) is 102 Å². The van der Waals surface area contributed by atoms with E-state index in [4.69, 9.17) is 36.1 Å². The van der Waals surface area contributed by atoms with Crippen LogP contribution in [0, 0.1) is 6.92 Å². The summed E-state index contributed by atoms with van der Waals surface area (Å²) < 4.78 is 43.8. The van der Waals surface area contributed by atoms with E-state index >= 15 is 0 Å². The zero-order valence-corrected chi connectivity index (χ0v) is 42.9. The number of likely N-dealkylation sites (tertiary alicyclic amines) is 2. The Kier molecular flexibility index (Phi) is 17.8. The maximum Gasteiger partial charge on any atom is 0.490 e. The second-order valence-corrected chi connectivity index (χ2v) is 19.7. The second-order valence-electron chi connectivity index (χ2n) is 19.5. The first-order valence-electron chi connectivity index (χ1n) is 25.2. The summed E-state index contributed by atoms with van der Waals surface area (Å²) in [5, 5.41) is 16.8. The molecular weight excluding hydrogens is 1010 g/mol. The van der Waals surface area contributed by atoms with E-state index in [1.54, 1.807) is 33.8 Å². The summed E-state index contributed by atoms with van der Waals surface area (Å²) in [5.74, 6) is -3.81. The smallest absolute Gasteiger partial charge is 0.475 e. The van der Waals surface area contributed by atoms with Crippen LogP contribution in [-0.2, 0) is 38.6 Å². The Hall–Kier alpha value is -7.29. The topological polar surface area (TPSA) is 200 Å². The van der Waals surface area contributed by atoms with Gasteiger partial charge in [-0.15, -0.1) is 0 Å². The van der Waals surface area contributed by atoms with E-state index in [2.05, 4.69) is 27.1 Å². The number of halogens is 4. The third-order valence-electron chi connectivity index (χ3n) is 14.3. The van der Waals surface area contributed by atoms with Crippen molar-refractivity contribution in [1.82, 2.24) is 39.7 Å². The van der Waals surface area contributed by atoms with Gasteiger partial charge in [0.1, 0.15) is 6.04 Å². The van der Waals surface area contributed by atoms with Gasteiger partial charge in [-0.1, -0.05) is 60.1 Å². The summed E-state index contributed by atoms with van der Waals surface area (Å²) in [6.45, 7) is 7.74. The number of ether oxygens (including phenoxy) is 2. The van der Waals surface area contributed by atoms with E-state index in [1.807, 2.05) is 84.8 Å². The number of esters is 2. The zero-order chi connectivity index (χ0) is 54.1. The molecule has 3 fully saturated rings. The van der Waals surface area contributed by atoms with Crippen LogP contribution < -0.4 is 10.9 Å². The third-order valence-corrected chi connectivity index (χ3v) is 14.4. The number of piperazine rings is 1. The first-order chi connectivity index (χ1) is 36.4. The van der Waals surface area contributed by atoms with Crippen molar-refractivity contribution in [3.63, 3.8) is 0 Å². The number of aliphatic carboxylic acids is 1. The van der Waals surface area contributed by atoms with Crippen molar-refractivity contribution in [2.24, 2.45) is 0 Å². The third kappa shape index (κ3) is 13.9. The van der Waals surface area contributed by atoms with Crippen molar-refractivity contribution < 1.29 is 51.7 Å². The largest absolute Gasteiger partial charge is 0.490 e. The first kappa shape index (κ1) is 55.0. The lowest BCUT2D eigenvalue weighted by Crippen LogP contribution is -2.59. The molecule has 5 heterocycles. The number of nitrogens with one attached hydrogen (secondary N) is 2. The summed E-state index contributed by atoms with van der Waals surface area (Å²) in [6.07, 6.45) is 1.16. The number of amides is 3. The van der Waals surface area contributed by atoms with Gasteiger partial charge in [-0.05, 0) is 135 Å². The maximum atomic E-state index is 14.5. The predicted molar refractivity (Wildman–Crippen MR) is 278 cm³/mol. The lowest BCUT2D eigenvalue weighted by Gasteiger charge is -2.43. The molecule has 3 aliphatic heterocycles. The average molecular weight is 1070 g/mol. The van der Waals surface area contributed by atoms with Gasteiger partial charge in [-0.3, -0.25) is 14.5 Å². The number of carbonyl (C=O) groups excluding carboxylic acids is 4. The molecule has 0 aliphatic carbocycles. The summed E-state index contributed by atoms with van der Waals surface area (Å²) >= 11 is 5.50. The number of aromatic amines is 1. The van der Waals surface area contributed by atoms with E-state index in [1.165, 1.54) is 0 Å². The molecule has 0 bridgehead atoms. The molecule has 0 saturated carbocycles. The number of benzene rings is 4. The van der Waals surface area contributed by atoms with Crippen LogP contribution in [-0.4, -0.2) is 153 Å². The quantitative estimate of drug-likeness (QED) is 0.0771. The highest BCUT2D eigenvalue weighted by Gasteiger charge is 2.38. The van der Waals surface area contributed by atoms with E-state index in [0.29, 0.717) is 62.6 Å². The number of carbonyl (C=O) groups is 5. The number of para-hydroxylation sites is 1. The van der Waals surface area contributed by atoms with Crippen LogP contribution in [0.1, 0.15) is 80.1 Å². The van der Waals surface area contributed by atoms with Gasteiger partial charge in [0, 0.05) is 74.4 Å². The van der Waals surface area contributed by atoms with Gasteiger partial charge in [-0.2, -0.15) is 18.3 Å². The van der Waals surface area contributed by atoms with Crippen molar-refractivity contribution in [3.8, 4) is 0 Å². The number of hydrogen-bond acceptors (Lipinski definition) is 11. The molecule has 9 rings (SSSR count). The molecule has 17 nitrogen and oxygen atoms in total. The molecule has 6 aromatic rings. The van der Waals surface area contributed by atoms with Gasteiger partial charge in [-0.25, -0.2) is 23.9 Å². The summed E-state index contributed by atoms with van der Waals surface area (Å²) in [5.41, 5.74) is 6.76. The lowest BCUT2D eigenvalue weighted by atomic mass is 9.89. The molecule has 3 aliphatic rings. The number of rotatable bonds is 13. The number of alkyl halides is 4. The standard InChI is InChI=1S/C53H59ClN8O7.C2HF3O2/c1-35-27-38(29-43-32-62(57-48(35)43)34-69-52(66)41-13-9-37(10-14-41)28-36-7-11-40(12-8-36)51(65)68-33-54)30-47(50(64)60-25-23-59(24-26-60)44-17-19-58(2)20-18-44)56-53(67)61-21-15-39(16-22-61)45-31-42-5-3-4-6-46(42)55-49(45)63;3-2(4,5)1(6)7/h3-14,27,29,31-32,39,44,47H,15-26,28,30,33-34H2,1-2H3,(H,55,63)(H,56,67);(H,6,7)/t47-;/m1./s1. The molecule has 3 N–H and O–H groups in total. The number of aryl methyl sites for hydroxylation is 1. The maximum absolute atomic E-state index is 14.5. The average Bonchev–Trinajstić information content (AvgIpc) is 3.86. The number of carboxylic acid groups (broad SMARTS) is 1. The van der Waals surface area contributed by atoms with Crippen molar-refractivity contribution >= 4 is 63.3 Å². The van der Waals surface area contributed by atoms with Crippen LogP contribution in [0.4, 0.5) is 18.0 Å². The molecule has 4 aromatic carbocycles. The number of fused-ring (bicyclic) bond motifs is 2. The van der Waals surface area contributed by atoms with Crippen molar-refractivity contribution in [2.75, 3.05) is 65.5 Å². The van der Waals surface area contributed by atoms with Crippen molar-refractivity contribution in [1.29, 1.82) is 0 Å². The van der Waals surface area contributed by atoms with Crippen molar-refractivity contribution in [2.45, 2.75) is 76.4 Å². The van der Waals surface area contributed by atoms with E-state index in [0.717, 1.165) is 88.6 Å².